The van der Waals surface area contributed by atoms with Gasteiger partial charge in [-0.25, -0.2) is 0 Å². The lowest BCUT2D eigenvalue weighted by Gasteiger charge is -2.40. The molecule has 1 saturated heterocycles. The van der Waals surface area contributed by atoms with Crippen LogP contribution in [0.25, 0.3) is 0 Å². The van der Waals surface area contributed by atoms with Crippen molar-refractivity contribution in [1.82, 2.24) is 9.88 Å². The van der Waals surface area contributed by atoms with Gasteiger partial charge in [0.25, 0.3) is 0 Å². The molecule has 128 valence electrons. The SMILES string of the molecule is CC1=Nc2ccccc2C12CCN(C(=O)CCc1ccncc1)CC2. The quantitative estimate of drug-likeness (QED) is 0.860. The fourth-order valence-electron chi connectivity index (χ4n) is 4.19. The zero-order valence-electron chi connectivity index (χ0n) is 14.6. The Bertz CT molecular complexity index is 805. The molecule has 0 bridgehead atoms. The molecule has 3 heterocycles. The van der Waals surface area contributed by atoms with Crippen LogP contribution < -0.4 is 0 Å². The normalized spacial score (nSPS) is 18.1. The number of nitrogens with zero attached hydrogens (tertiary/aromatic N) is 3. The molecular formula is C21H23N3O. The molecule has 0 saturated carbocycles. The van der Waals surface area contributed by atoms with Crippen molar-refractivity contribution in [3.05, 3.63) is 59.9 Å². The van der Waals surface area contributed by atoms with Crippen LogP contribution in [0, 0.1) is 0 Å². The number of aryl methyl sites for hydroxylation is 1. The van der Waals surface area contributed by atoms with E-state index in [9.17, 15) is 4.79 Å². The van der Waals surface area contributed by atoms with Gasteiger partial charge in [0.2, 0.25) is 5.91 Å². The summed E-state index contributed by atoms with van der Waals surface area (Å²) in [4.78, 5) is 23.4. The van der Waals surface area contributed by atoms with Gasteiger partial charge in [0, 0.05) is 43.0 Å². The number of carbonyl (C=O) groups is 1. The second-order valence-corrected chi connectivity index (χ2v) is 7.03. The third-order valence-corrected chi connectivity index (χ3v) is 5.75. The van der Waals surface area contributed by atoms with Crippen LogP contribution in [-0.2, 0) is 16.6 Å². The topological polar surface area (TPSA) is 45.6 Å². The van der Waals surface area contributed by atoms with E-state index in [2.05, 4.69) is 30.1 Å². The van der Waals surface area contributed by atoms with Gasteiger partial charge >= 0.3 is 0 Å². The molecule has 1 amide bonds. The Morgan fingerprint density at radius 3 is 2.60 bits per heavy atom. The maximum absolute atomic E-state index is 12.6. The first-order chi connectivity index (χ1) is 12.2. The van der Waals surface area contributed by atoms with E-state index >= 15 is 0 Å². The highest BCUT2D eigenvalue weighted by Gasteiger charge is 2.43. The number of carbonyl (C=O) groups excluding carboxylic acids is 1. The van der Waals surface area contributed by atoms with Crippen molar-refractivity contribution in [3.8, 4) is 0 Å². The molecule has 0 N–H and O–H groups in total. The lowest BCUT2D eigenvalue weighted by Crippen LogP contribution is -2.47. The van der Waals surface area contributed by atoms with E-state index in [1.807, 2.05) is 23.1 Å². The van der Waals surface area contributed by atoms with Gasteiger partial charge < -0.3 is 4.90 Å². The average molecular weight is 333 g/mol. The number of rotatable bonds is 3. The first-order valence-corrected chi connectivity index (χ1v) is 9.01. The average Bonchev–Trinajstić information content (AvgIpc) is 2.93. The maximum atomic E-state index is 12.6. The highest BCUT2D eigenvalue weighted by Crippen LogP contribution is 2.46. The number of piperidine rings is 1. The summed E-state index contributed by atoms with van der Waals surface area (Å²) in [5.74, 6) is 0.257. The molecule has 2 aliphatic rings. The summed E-state index contributed by atoms with van der Waals surface area (Å²) < 4.78 is 0. The van der Waals surface area contributed by atoms with Gasteiger partial charge in [-0.05, 0) is 55.5 Å². The lowest BCUT2D eigenvalue weighted by atomic mass is 9.71. The number of para-hydroxylation sites is 1. The monoisotopic (exact) mass is 333 g/mol. The molecule has 1 aromatic heterocycles. The minimum absolute atomic E-state index is 0.0402. The Kier molecular flexibility index (Phi) is 4.12. The molecule has 4 nitrogen and oxygen atoms in total. The molecule has 0 atom stereocenters. The summed E-state index contributed by atoms with van der Waals surface area (Å²) in [5.41, 5.74) is 4.87. The lowest BCUT2D eigenvalue weighted by molar-refractivity contribution is -0.132. The largest absolute Gasteiger partial charge is 0.343 e. The summed E-state index contributed by atoms with van der Waals surface area (Å²) in [7, 11) is 0. The van der Waals surface area contributed by atoms with Gasteiger partial charge in [0.1, 0.15) is 0 Å². The Hall–Kier alpha value is -2.49. The number of benzene rings is 1. The minimum atomic E-state index is 0.0402. The Morgan fingerprint density at radius 1 is 1.12 bits per heavy atom. The fraction of sp³-hybridized carbons (Fsp3) is 0.381. The number of hydrogen-bond acceptors (Lipinski definition) is 3. The third-order valence-electron chi connectivity index (χ3n) is 5.75. The molecular weight excluding hydrogens is 310 g/mol. The van der Waals surface area contributed by atoms with Crippen LogP contribution in [0.2, 0.25) is 0 Å². The molecule has 0 radical (unpaired) electrons. The van der Waals surface area contributed by atoms with Crippen molar-refractivity contribution in [2.24, 2.45) is 4.99 Å². The standard InChI is InChI=1S/C21H23N3O/c1-16-21(18-4-2-3-5-19(18)23-16)10-14-24(15-11-21)20(25)7-6-17-8-12-22-13-9-17/h2-5,8-9,12-13H,6-7,10-11,14-15H2,1H3. The number of pyridine rings is 1. The second-order valence-electron chi connectivity index (χ2n) is 7.03. The molecule has 2 aromatic rings. The van der Waals surface area contributed by atoms with Crippen LogP contribution in [0.4, 0.5) is 5.69 Å². The van der Waals surface area contributed by atoms with Crippen LogP contribution in [-0.4, -0.2) is 34.6 Å². The predicted molar refractivity (Wildman–Crippen MR) is 99.3 cm³/mol. The van der Waals surface area contributed by atoms with Crippen molar-refractivity contribution in [2.75, 3.05) is 13.1 Å². The van der Waals surface area contributed by atoms with Gasteiger partial charge in [0.15, 0.2) is 0 Å². The first-order valence-electron chi connectivity index (χ1n) is 9.01. The van der Waals surface area contributed by atoms with Gasteiger partial charge in [-0.15, -0.1) is 0 Å². The molecule has 4 rings (SSSR count). The number of hydrogen-bond donors (Lipinski definition) is 0. The molecule has 0 aliphatic carbocycles. The fourth-order valence-corrected chi connectivity index (χ4v) is 4.19. The Morgan fingerprint density at radius 2 is 1.84 bits per heavy atom. The van der Waals surface area contributed by atoms with Gasteiger partial charge in [-0.2, -0.15) is 0 Å². The van der Waals surface area contributed by atoms with Crippen LogP contribution in [0.15, 0.2) is 53.8 Å². The van der Waals surface area contributed by atoms with E-state index in [0.29, 0.717) is 6.42 Å². The van der Waals surface area contributed by atoms with E-state index in [-0.39, 0.29) is 11.3 Å². The molecule has 2 aliphatic heterocycles. The number of aliphatic imine (C=N–C) groups is 1. The number of amides is 1. The van der Waals surface area contributed by atoms with Crippen molar-refractivity contribution in [3.63, 3.8) is 0 Å². The van der Waals surface area contributed by atoms with E-state index in [0.717, 1.165) is 38.0 Å². The summed E-state index contributed by atoms with van der Waals surface area (Å²) >= 11 is 0. The Balaban J connectivity index is 1.40. The van der Waals surface area contributed by atoms with Crippen LogP contribution >= 0.6 is 0 Å². The molecule has 1 spiro atoms. The number of aromatic nitrogens is 1. The molecule has 4 heteroatoms. The van der Waals surface area contributed by atoms with Crippen LogP contribution in [0.5, 0.6) is 0 Å². The first kappa shape index (κ1) is 16.0. The molecule has 1 aromatic carbocycles. The number of likely N-dealkylation sites (tertiary alicyclic amines) is 1. The minimum Gasteiger partial charge on any atom is -0.343 e. The zero-order chi connectivity index (χ0) is 17.3. The highest BCUT2D eigenvalue weighted by atomic mass is 16.2. The second kappa shape index (κ2) is 6.43. The van der Waals surface area contributed by atoms with Gasteiger partial charge in [-0.1, -0.05) is 18.2 Å². The zero-order valence-corrected chi connectivity index (χ0v) is 14.6. The smallest absolute Gasteiger partial charge is 0.222 e. The summed E-state index contributed by atoms with van der Waals surface area (Å²) in [5, 5.41) is 0. The summed E-state index contributed by atoms with van der Waals surface area (Å²) in [6.45, 7) is 3.77. The predicted octanol–water partition coefficient (Wildman–Crippen LogP) is 3.68. The van der Waals surface area contributed by atoms with Gasteiger partial charge in [0.05, 0.1) is 5.69 Å². The molecule has 25 heavy (non-hydrogen) atoms. The molecule has 1 fully saturated rings. The van der Waals surface area contributed by atoms with Crippen molar-refractivity contribution in [2.45, 2.75) is 38.0 Å². The van der Waals surface area contributed by atoms with Crippen molar-refractivity contribution < 1.29 is 4.79 Å². The summed E-state index contributed by atoms with van der Waals surface area (Å²) in [6, 6.07) is 12.4. The molecule has 0 unspecified atom stereocenters. The van der Waals surface area contributed by atoms with Crippen LogP contribution in [0.1, 0.15) is 37.3 Å². The highest BCUT2D eigenvalue weighted by molar-refractivity contribution is 6.00. The third kappa shape index (κ3) is 2.86. The van der Waals surface area contributed by atoms with Crippen molar-refractivity contribution in [1.29, 1.82) is 0 Å². The van der Waals surface area contributed by atoms with E-state index in [4.69, 9.17) is 4.99 Å². The Labute approximate surface area is 148 Å². The van der Waals surface area contributed by atoms with E-state index in [1.165, 1.54) is 16.8 Å². The van der Waals surface area contributed by atoms with E-state index < -0.39 is 0 Å². The maximum Gasteiger partial charge on any atom is 0.222 e. The van der Waals surface area contributed by atoms with Crippen LogP contribution in [0.3, 0.4) is 0 Å². The van der Waals surface area contributed by atoms with E-state index in [1.54, 1.807) is 12.4 Å². The van der Waals surface area contributed by atoms with Gasteiger partial charge in [-0.3, -0.25) is 14.8 Å². The summed E-state index contributed by atoms with van der Waals surface area (Å²) in [6.07, 6.45) is 6.86. The number of fused-ring (bicyclic) bond motifs is 2. The van der Waals surface area contributed by atoms with Crippen molar-refractivity contribution >= 4 is 17.3 Å².